The molecule has 4 nitrogen and oxygen atoms in total. The molecule has 0 radical (unpaired) electrons. The summed E-state index contributed by atoms with van der Waals surface area (Å²) in [5.74, 6) is 0. The van der Waals surface area contributed by atoms with Crippen LogP contribution in [0.15, 0.2) is 182 Å². The van der Waals surface area contributed by atoms with Crippen LogP contribution in [-0.4, -0.2) is 9.13 Å². The molecule has 2 heterocycles. The van der Waals surface area contributed by atoms with Crippen molar-refractivity contribution >= 4 is 43.6 Å². The summed E-state index contributed by atoms with van der Waals surface area (Å²) in [6.45, 7) is 0. The molecule has 8 aromatic carbocycles. The van der Waals surface area contributed by atoms with Gasteiger partial charge in [0.15, 0.2) is 0 Å². The summed E-state index contributed by atoms with van der Waals surface area (Å²) < 4.78 is 4.69. The molecule has 10 rings (SSSR count). The molecular weight excluding hydrogens is 657 g/mol. The van der Waals surface area contributed by atoms with Crippen LogP contribution in [0.2, 0.25) is 0 Å². The standard InChI is InChI=1S/C50H30N4/c51-31-42-39(33-17-5-1-6-18-33)29-40(43(32-52)47(42)34-19-7-2-8-20-34)49-48-38-26-14-16-28-45(38)53(35-21-9-3-10-22-35)46(48)30-41-37-25-13-15-27-44(37)54(50(41)49)36-23-11-4-12-24-36/h1-30H. The number of hydrogen-bond acceptors (Lipinski definition) is 2. The Labute approximate surface area is 312 Å². The van der Waals surface area contributed by atoms with Crippen LogP contribution in [0.5, 0.6) is 0 Å². The van der Waals surface area contributed by atoms with Gasteiger partial charge in [0.25, 0.3) is 0 Å². The van der Waals surface area contributed by atoms with Crippen molar-refractivity contribution in [2.45, 2.75) is 0 Å². The van der Waals surface area contributed by atoms with Crippen molar-refractivity contribution in [3.05, 3.63) is 193 Å². The fourth-order valence-electron chi connectivity index (χ4n) is 8.39. The number of para-hydroxylation sites is 4. The van der Waals surface area contributed by atoms with Crippen molar-refractivity contribution in [2.24, 2.45) is 0 Å². The van der Waals surface area contributed by atoms with Gasteiger partial charge in [0.1, 0.15) is 12.1 Å². The molecule has 0 aliphatic carbocycles. The summed E-state index contributed by atoms with van der Waals surface area (Å²) >= 11 is 0. The number of nitrogens with zero attached hydrogens (tertiary/aromatic N) is 4. The molecule has 0 atom stereocenters. The average Bonchev–Trinajstić information content (AvgIpc) is 3.76. The van der Waals surface area contributed by atoms with Crippen LogP contribution in [0, 0.1) is 22.7 Å². The lowest BCUT2D eigenvalue weighted by atomic mass is 9.82. The normalized spacial score (nSPS) is 11.3. The minimum absolute atomic E-state index is 0.465. The molecule has 0 fully saturated rings. The zero-order chi connectivity index (χ0) is 36.2. The highest BCUT2D eigenvalue weighted by atomic mass is 15.0. The van der Waals surface area contributed by atoms with E-state index in [4.69, 9.17) is 0 Å². The first-order valence-electron chi connectivity index (χ1n) is 18.0. The van der Waals surface area contributed by atoms with Crippen LogP contribution < -0.4 is 0 Å². The van der Waals surface area contributed by atoms with E-state index in [0.717, 1.165) is 82.8 Å². The van der Waals surface area contributed by atoms with Crippen molar-refractivity contribution < 1.29 is 0 Å². The van der Waals surface area contributed by atoms with E-state index < -0.39 is 0 Å². The van der Waals surface area contributed by atoms with Crippen LogP contribution in [0.25, 0.3) is 88.4 Å². The summed E-state index contributed by atoms with van der Waals surface area (Å²) in [4.78, 5) is 0. The molecule has 250 valence electrons. The lowest BCUT2D eigenvalue weighted by Gasteiger charge is -2.20. The third kappa shape index (κ3) is 4.61. The number of nitriles is 2. The van der Waals surface area contributed by atoms with Crippen molar-refractivity contribution in [2.75, 3.05) is 0 Å². The fourth-order valence-corrected chi connectivity index (χ4v) is 8.39. The molecule has 4 heteroatoms. The third-order valence-electron chi connectivity index (χ3n) is 10.6. The monoisotopic (exact) mass is 686 g/mol. The molecule has 0 unspecified atom stereocenters. The lowest BCUT2D eigenvalue weighted by molar-refractivity contribution is 1.17. The van der Waals surface area contributed by atoms with Gasteiger partial charge in [-0.05, 0) is 59.7 Å². The molecule has 0 saturated carbocycles. The molecule has 0 aliphatic rings. The number of hydrogen-bond donors (Lipinski definition) is 0. The van der Waals surface area contributed by atoms with Crippen LogP contribution in [0.3, 0.4) is 0 Å². The molecule has 0 saturated heterocycles. The predicted molar refractivity (Wildman–Crippen MR) is 221 cm³/mol. The maximum Gasteiger partial charge on any atom is 0.100 e. The zero-order valence-corrected chi connectivity index (χ0v) is 29.1. The van der Waals surface area contributed by atoms with Gasteiger partial charge in [-0.3, -0.25) is 0 Å². The predicted octanol–water partition coefficient (Wildman–Crippen LogP) is 12.6. The Hall–Kier alpha value is -7.66. The van der Waals surface area contributed by atoms with Gasteiger partial charge in [0.05, 0.1) is 33.2 Å². The van der Waals surface area contributed by atoms with E-state index in [1.165, 1.54) is 0 Å². The Morgan fingerprint density at radius 2 is 0.852 bits per heavy atom. The first kappa shape index (κ1) is 31.1. The van der Waals surface area contributed by atoms with E-state index in [-0.39, 0.29) is 0 Å². The lowest BCUT2D eigenvalue weighted by Crippen LogP contribution is -2.01. The maximum atomic E-state index is 11.4. The molecule has 0 bridgehead atoms. The second-order valence-electron chi connectivity index (χ2n) is 13.5. The summed E-state index contributed by atoms with van der Waals surface area (Å²) in [7, 11) is 0. The van der Waals surface area contributed by atoms with E-state index in [9.17, 15) is 10.5 Å². The molecule has 10 aromatic rings. The Bertz CT molecular complexity index is 3140. The quantitative estimate of drug-likeness (QED) is 0.181. The maximum absolute atomic E-state index is 11.4. The Kier molecular flexibility index (Phi) is 7.22. The highest BCUT2D eigenvalue weighted by molar-refractivity contribution is 6.27. The smallest absolute Gasteiger partial charge is 0.100 e. The van der Waals surface area contributed by atoms with Gasteiger partial charge in [-0.15, -0.1) is 0 Å². The largest absolute Gasteiger partial charge is 0.309 e. The van der Waals surface area contributed by atoms with Crippen molar-refractivity contribution in [1.29, 1.82) is 10.5 Å². The minimum atomic E-state index is 0.465. The van der Waals surface area contributed by atoms with E-state index in [1.54, 1.807) is 0 Å². The number of aromatic nitrogens is 2. The van der Waals surface area contributed by atoms with E-state index in [1.807, 2.05) is 72.8 Å². The zero-order valence-electron chi connectivity index (χ0n) is 29.1. The van der Waals surface area contributed by atoms with E-state index in [2.05, 4.69) is 130 Å². The molecule has 0 spiro atoms. The minimum Gasteiger partial charge on any atom is -0.309 e. The third-order valence-corrected chi connectivity index (χ3v) is 10.6. The van der Waals surface area contributed by atoms with E-state index in [0.29, 0.717) is 16.7 Å². The van der Waals surface area contributed by atoms with Crippen molar-refractivity contribution in [3.63, 3.8) is 0 Å². The second kappa shape index (κ2) is 12.5. The second-order valence-corrected chi connectivity index (χ2v) is 13.5. The van der Waals surface area contributed by atoms with Gasteiger partial charge in [-0.1, -0.05) is 133 Å². The Morgan fingerprint density at radius 1 is 0.370 bits per heavy atom. The van der Waals surface area contributed by atoms with Crippen LogP contribution in [0.4, 0.5) is 0 Å². The molecule has 2 aromatic heterocycles. The molecule has 0 aliphatic heterocycles. The number of rotatable bonds is 5. The highest BCUT2D eigenvalue weighted by Crippen LogP contribution is 2.50. The number of benzene rings is 8. The SMILES string of the molecule is N#Cc1c(-c2ccccc2)cc(-c2c3c4ccccc4n(-c4ccccc4)c3cc3c4ccccc4n(-c4ccccc4)c23)c(C#N)c1-c1ccccc1. The summed E-state index contributed by atoms with van der Waals surface area (Å²) in [6, 6.07) is 67.6. The highest BCUT2D eigenvalue weighted by Gasteiger charge is 2.28. The Balaban J connectivity index is 1.52. The topological polar surface area (TPSA) is 57.4 Å². The summed E-state index contributed by atoms with van der Waals surface area (Å²) in [6.07, 6.45) is 0. The molecule has 0 N–H and O–H groups in total. The van der Waals surface area contributed by atoms with Gasteiger partial charge in [-0.25, -0.2) is 0 Å². The van der Waals surface area contributed by atoms with Crippen molar-refractivity contribution in [3.8, 4) is 56.9 Å². The average molecular weight is 687 g/mol. The van der Waals surface area contributed by atoms with Gasteiger partial charge in [0.2, 0.25) is 0 Å². The summed E-state index contributed by atoms with van der Waals surface area (Å²) in [5, 5.41) is 26.6. The number of fused-ring (bicyclic) bond motifs is 6. The summed E-state index contributed by atoms with van der Waals surface area (Å²) in [5.41, 5.74) is 12.1. The first-order chi connectivity index (χ1) is 26.8. The van der Waals surface area contributed by atoms with Gasteiger partial charge in [-0.2, -0.15) is 10.5 Å². The molecule has 0 amide bonds. The van der Waals surface area contributed by atoms with Crippen LogP contribution in [0.1, 0.15) is 11.1 Å². The molecular formula is C50H30N4. The van der Waals surface area contributed by atoms with Gasteiger partial charge in [0, 0.05) is 55.2 Å². The van der Waals surface area contributed by atoms with Gasteiger partial charge < -0.3 is 9.13 Å². The van der Waals surface area contributed by atoms with Gasteiger partial charge >= 0.3 is 0 Å². The van der Waals surface area contributed by atoms with E-state index >= 15 is 0 Å². The van der Waals surface area contributed by atoms with Crippen LogP contribution in [-0.2, 0) is 0 Å². The first-order valence-corrected chi connectivity index (χ1v) is 18.0. The van der Waals surface area contributed by atoms with Crippen molar-refractivity contribution in [1.82, 2.24) is 9.13 Å². The Morgan fingerprint density at radius 3 is 1.46 bits per heavy atom. The molecule has 54 heavy (non-hydrogen) atoms. The fraction of sp³-hybridized carbons (Fsp3) is 0. The van der Waals surface area contributed by atoms with Crippen LogP contribution >= 0.6 is 0 Å².